The van der Waals surface area contributed by atoms with Gasteiger partial charge in [0.25, 0.3) is 0 Å². The van der Waals surface area contributed by atoms with Crippen LogP contribution in [0, 0.1) is 12.7 Å². The summed E-state index contributed by atoms with van der Waals surface area (Å²) in [7, 11) is 1.59. The van der Waals surface area contributed by atoms with Crippen LogP contribution in [0.3, 0.4) is 0 Å². The van der Waals surface area contributed by atoms with Crippen LogP contribution in [0.4, 0.5) is 35.1 Å². The number of hydrogen-bond donors (Lipinski definition) is 1. The molecule has 1 saturated heterocycles. The minimum Gasteiger partial charge on any atom is -0.490 e. The third-order valence-corrected chi connectivity index (χ3v) is 5.19. The van der Waals surface area contributed by atoms with Gasteiger partial charge in [0, 0.05) is 50.9 Å². The number of aromatic nitrogens is 4. The molecule has 0 atom stereocenters. The quantitative estimate of drug-likeness (QED) is 0.579. The van der Waals surface area contributed by atoms with Crippen LogP contribution in [0.1, 0.15) is 24.1 Å². The highest BCUT2D eigenvalue weighted by atomic mass is 19.4. The number of nitrogens with one attached hydrogen (secondary N) is 1. The fraction of sp³-hybridized carbons (Fsp3) is 0.381. The molecule has 170 valence electrons. The van der Waals surface area contributed by atoms with Crippen molar-refractivity contribution in [3.63, 3.8) is 0 Å². The molecule has 1 aliphatic heterocycles. The van der Waals surface area contributed by atoms with Gasteiger partial charge in [0.05, 0.1) is 11.3 Å². The molecule has 0 aliphatic carbocycles. The predicted molar refractivity (Wildman–Crippen MR) is 111 cm³/mol. The first-order valence-electron chi connectivity index (χ1n) is 10.1. The molecule has 4 rings (SSSR count). The van der Waals surface area contributed by atoms with E-state index in [0.29, 0.717) is 31.2 Å². The van der Waals surface area contributed by atoms with Crippen LogP contribution in [0.25, 0.3) is 0 Å². The van der Waals surface area contributed by atoms with Crippen LogP contribution in [0.15, 0.2) is 36.5 Å². The van der Waals surface area contributed by atoms with Crippen molar-refractivity contribution in [2.45, 2.75) is 32.0 Å². The number of benzene rings is 1. The van der Waals surface area contributed by atoms with E-state index in [0.717, 1.165) is 30.4 Å². The van der Waals surface area contributed by atoms with Gasteiger partial charge in [-0.05, 0) is 31.2 Å². The average Bonchev–Trinajstić information content (AvgIpc) is 3.10. The van der Waals surface area contributed by atoms with E-state index < -0.39 is 17.6 Å². The summed E-state index contributed by atoms with van der Waals surface area (Å²) in [6.45, 7) is 3.20. The fourth-order valence-electron chi connectivity index (χ4n) is 3.49. The first kappa shape index (κ1) is 21.8. The van der Waals surface area contributed by atoms with Gasteiger partial charge in [-0.15, -0.1) is 5.10 Å². The van der Waals surface area contributed by atoms with Crippen LogP contribution in [-0.4, -0.2) is 38.9 Å². The van der Waals surface area contributed by atoms with Gasteiger partial charge in [-0.2, -0.15) is 18.2 Å². The molecule has 0 unspecified atom stereocenters. The standard InChI is InChI=1S/C21H22F4N6O/c1-13-11-16(5-8-26-13)32-15-6-9-31(10-7-15)20-28-19(30(2)29-20)27-18-12-14(21(23,24)25)3-4-17(18)22/h3-5,8,11-12,15H,6-7,9-10H2,1-2H3,(H,27,28,29). The number of hydrogen-bond acceptors (Lipinski definition) is 6. The summed E-state index contributed by atoms with van der Waals surface area (Å²) < 4.78 is 60.3. The van der Waals surface area contributed by atoms with Gasteiger partial charge in [-0.25, -0.2) is 9.07 Å². The Morgan fingerprint density at radius 2 is 1.88 bits per heavy atom. The highest BCUT2D eigenvalue weighted by molar-refractivity contribution is 5.57. The molecule has 11 heteroatoms. The van der Waals surface area contributed by atoms with Crippen molar-refractivity contribution < 1.29 is 22.3 Å². The van der Waals surface area contributed by atoms with Gasteiger partial charge in [0.1, 0.15) is 17.7 Å². The first-order valence-corrected chi connectivity index (χ1v) is 10.1. The van der Waals surface area contributed by atoms with E-state index >= 15 is 0 Å². The molecule has 3 heterocycles. The lowest BCUT2D eigenvalue weighted by molar-refractivity contribution is -0.137. The van der Waals surface area contributed by atoms with Gasteiger partial charge >= 0.3 is 6.18 Å². The molecule has 1 fully saturated rings. The number of piperidine rings is 1. The molecular weight excluding hydrogens is 428 g/mol. The molecule has 3 aromatic rings. The summed E-state index contributed by atoms with van der Waals surface area (Å²) in [5.41, 5.74) is -0.383. The van der Waals surface area contributed by atoms with Gasteiger partial charge in [-0.1, -0.05) is 0 Å². The topological polar surface area (TPSA) is 68.1 Å². The Hall–Kier alpha value is -3.37. The molecule has 2 aromatic heterocycles. The van der Waals surface area contributed by atoms with Crippen LogP contribution in [-0.2, 0) is 13.2 Å². The van der Waals surface area contributed by atoms with Gasteiger partial charge in [-0.3, -0.25) is 4.98 Å². The summed E-state index contributed by atoms with van der Waals surface area (Å²) in [5.74, 6) is 0.526. The highest BCUT2D eigenvalue weighted by Gasteiger charge is 2.31. The molecule has 0 spiro atoms. The maximum atomic E-state index is 14.1. The zero-order chi connectivity index (χ0) is 22.9. The number of rotatable bonds is 5. The Morgan fingerprint density at radius 3 is 2.56 bits per heavy atom. The predicted octanol–water partition coefficient (Wildman–Crippen LogP) is 4.47. The van der Waals surface area contributed by atoms with Crippen LogP contribution in [0.5, 0.6) is 5.75 Å². The number of pyridine rings is 1. The van der Waals surface area contributed by atoms with E-state index in [1.807, 2.05) is 24.0 Å². The number of alkyl halides is 3. The Labute approximate surface area is 182 Å². The second-order valence-electron chi connectivity index (χ2n) is 7.61. The second kappa shape index (κ2) is 8.64. The Morgan fingerprint density at radius 1 is 1.12 bits per heavy atom. The Bertz CT molecular complexity index is 1090. The number of nitrogens with zero attached hydrogens (tertiary/aromatic N) is 5. The van der Waals surface area contributed by atoms with E-state index in [4.69, 9.17) is 4.74 Å². The summed E-state index contributed by atoms with van der Waals surface area (Å²) in [6.07, 6.45) is -1.31. The van der Waals surface area contributed by atoms with Crippen LogP contribution >= 0.6 is 0 Å². The highest BCUT2D eigenvalue weighted by Crippen LogP contribution is 2.33. The monoisotopic (exact) mass is 450 g/mol. The van der Waals surface area contributed by atoms with E-state index in [1.165, 1.54) is 4.68 Å². The molecule has 1 aliphatic rings. The summed E-state index contributed by atoms with van der Waals surface area (Å²) in [5, 5.41) is 6.94. The fourth-order valence-corrected chi connectivity index (χ4v) is 3.49. The largest absolute Gasteiger partial charge is 0.490 e. The Balaban J connectivity index is 1.41. The summed E-state index contributed by atoms with van der Waals surface area (Å²) in [4.78, 5) is 10.5. The molecule has 1 N–H and O–H groups in total. The molecule has 32 heavy (non-hydrogen) atoms. The number of aryl methyl sites for hydroxylation is 2. The summed E-state index contributed by atoms with van der Waals surface area (Å²) in [6, 6.07) is 5.90. The molecule has 0 bridgehead atoms. The van der Waals surface area contributed by atoms with Crippen LogP contribution in [0.2, 0.25) is 0 Å². The van der Waals surface area contributed by atoms with Gasteiger partial charge in [0.2, 0.25) is 11.9 Å². The van der Waals surface area contributed by atoms with E-state index in [2.05, 4.69) is 20.4 Å². The summed E-state index contributed by atoms with van der Waals surface area (Å²) >= 11 is 0. The van der Waals surface area contributed by atoms with Crippen molar-refractivity contribution in [1.29, 1.82) is 0 Å². The smallest absolute Gasteiger partial charge is 0.416 e. The Kier molecular flexibility index (Phi) is 5.90. The lowest BCUT2D eigenvalue weighted by atomic mass is 10.1. The SMILES string of the molecule is Cc1cc(OC2CCN(c3nc(Nc4cc(C(F)(F)F)ccc4F)n(C)n3)CC2)ccn1. The molecule has 0 amide bonds. The van der Waals surface area contributed by atoms with Crippen molar-refractivity contribution in [1.82, 2.24) is 19.7 Å². The molecule has 0 radical (unpaired) electrons. The van der Waals surface area contributed by atoms with E-state index in [-0.39, 0.29) is 17.7 Å². The van der Waals surface area contributed by atoms with Gasteiger partial charge in [0.15, 0.2) is 0 Å². The molecular formula is C21H22F4N6O. The van der Waals surface area contributed by atoms with Crippen molar-refractivity contribution >= 4 is 17.6 Å². The second-order valence-corrected chi connectivity index (χ2v) is 7.61. The van der Waals surface area contributed by atoms with Crippen molar-refractivity contribution in [3.8, 4) is 5.75 Å². The zero-order valence-corrected chi connectivity index (χ0v) is 17.5. The number of ether oxygens (including phenoxy) is 1. The van der Waals surface area contributed by atoms with Crippen LogP contribution < -0.4 is 15.0 Å². The minimum atomic E-state index is -4.57. The third-order valence-electron chi connectivity index (χ3n) is 5.19. The van der Waals surface area contributed by atoms with E-state index in [9.17, 15) is 17.6 Å². The molecule has 0 saturated carbocycles. The lowest BCUT2D eigenvalue weighted by Gasteiger charge is -2.31. The number of anilines is 3. The minimum absolute atomic E-state index is 0.0496. The van der Waals surface area contributed by atoms with Gasteiger partial charge < -0.3 is 15.0 Å². The maximum absolute atomic E-state index is 14.1. The third kappa shape index (κ3) is 4.92. The van der Waals surface area contributed by atoms with Crippen molar-refractivity contribution in [3.05, 3.63) is 53.6 Å². The normalized spacial score (nSPS) is 15.1. The van der Waals surface area contributed by atoms with Crippen molar-refractivity contribution in [2.75, 3.05) is 23.3 Å². The number of halogens is 4. The zero-order valence-electron chi connectivity index (χ0n) is 17.5. The molecule has 7 nitrogen and oxygen atoms in total. The van der Waals surface area contributed by atoms with Crippen molar-refractivity contribution in [2.24, 2.45) is 7.05 Å². The van der Waals surface area contributed by atoms with E-state index in [1.54, 1.807) is 13.2 Å². The molecule has 1 aromatic carbocycles. The lowest BCUT2D eigenvalue weighted by Crippen LogP contribution is -2.38. The average molecular weight is 450 g/mol. The maximum Gasteiger partial charge on any atom is 0.416 e. The first-order chi connectivity index (χ1) is 15.2.